The first-order valence-corrected chi connectivity index (χ1v) is 11.3. The Morgan fingerprint density at radius 3 is 2.52 bits per heavy atom. The lowest BCUT2D eigenvalue weighted by atomic mass is 10.0. The number of aryl methyl sites for hydroxylation is 3. The van der Waals surface area contributed by atoms with Crippen LogP contribution in [-0.4, -0.2) is 51.1 Å². The van der Waals surface area contributed by atoms with E-state index in [9.17, 15) is 4.79 Å². The molecule has 3 aromatic rings. The van der Waals surface area contributed by atoms with E-state index in [2.05, 4.69) is 65.3 Å². The minimum Gasteiger partial charge on any atom is -0.355 e. The Labute approximate surface area is 185 Å². The molecule has 3 rings (SSSR count). The van der Waals surface area contributed by atoms with E-state index in [-0.39, 0.29) is 11.9 Å². The molecule has 0 aliphatic rings. The molecule has 6 nitrogen and oxygen atoms in total. The summed E-state index contributed by atoms with van der Waals surface area (Å²) in [7, 11) is 0. The van der Waals surface area contributed by atoms with Gasteiger partial charge in [-0.15, -0.1) is 0 Å². The number of fused-ring (bicyclic) bond motifs is 1. The zero-order valence-corrected chi connectivity index (χ0v) is 19.5. The number of likely N-dealkylation sites (N-methyl/N-ethyl adjacent to an activating group) is 1. The summed E-state index contributed by atoms with van der Waals surface area (Å²) in [6, 6.07) is 12.8. The highest BCUT2D eigenvalue weighted by Gasteiger charge is 2.18. The van der Waals surface area contributed by atoms with E-state index >= 15 is 0 Å². The smallest absolute Gasteiger partial charge is 0.220 e. The zero-order valence-electron chi connectivity index (χ0n) is 19.5. The number of benzene rings is 1. The van der Waals surface area contributed by atoms with Crippen molar-refractivity contribution in [1.82, 2.24) is 24.8 Å². The molecule has 1 aromatic carbocycles. The van der Waals surface area contributed by atoms with Crippen LogP contribution in [0.15, 0.2) is 36.4 Å². The minimum absolute atomic E-state index is 0.0840. The summed E-state index contributed by atoms with van der Waals surface area (Å²) in [5, 5.41) is 7.71. The summed E-state index contributed by atoms with van der Waals surface area (Å²) in [4.78, 5) is 19.8. The van der Waals surface area contributed by atoms with Crippen LogP contribution in [0.1, 0.15) is 48.5 Å². The highest BCUT2D eigenvalue weighted by Crippen LogP contribution is 2.17. The van der Waals surface area contributed by atoms with Crippen molar-refractivity contribution in [2.45, 2.75) is 59.9 Å². The molecule has 0 radical (unpaired) electrons. The Hall–Kier alpha value is -2.73. The van der Waals surface area contributed by atoms with Crippen molar-refractivity contribution in [3.05, 3.63) is 64.6 Å². The van der Waals surface area contributed by atoms with Crippen molar-refractivity contribution in [3.63, 3.8) is 0 Å². The number of hydrogen-bond donors (Lipinski definition) is 1. The lowest BCUT2D eigenvalue weighted by Gasteiger charge is -2.30. The molecule has 0 aliphatic carbocycles. The lowest BCUT2D eigenvalue weighted by molar-refractivity contribution is -0.121. The normalized spacial score (nSPS) is 12.5. The second-order valence-electron chi connectivity index (χ2n) is 8.19. The Balaban J connectivity index is 1.62. The molecule has 0 bridgehead atoms. The average Bonchev–Trinajstić information content (AvgIpc) is 3.13. The monoisotopic (exact) mass is 421 g/mol. The fraction of sp³-hybridized carbons (Fsp3) is 0.480. The highest BCUT2D eigenvalue weighted by atomic mass is 16.1. The standard InChI is InChI=1S/C25H35N5O/c1-6-29(7-2)22(16-21-11-9-8-10-12-21)17-26-25(31)14-13-23-19(4)27-24-15-18(3)28-30(24)20(23)5/h8-12,15,22H,6-7,13-14,16-17H2,1-5H3,(H,26,31). The third kappa shape index (κ3) is 5.70. The number of hydrogen-bond acceptors (Lipinski definition) is 4. The van der Waals surface area contributed by atoms with Crippen LogP contribution in [0.4, 0.5) is 0 Å². The van der Waals surface area contributed by atoms with Gasteiger partial charge in [-0.05, 0) is 57.8 Å². The Morgan fingerprint density at radius 1 is 1.13 bits per heavy atom. The number of rotatable bonds is 10. The van der Waals surface area contributed by atoms with E-state index in [4.69, 9.17) is 0 Å². The van der Waals surface area contributed by atoms with Gasteiger partial charge in [-0.1, -0.05) is 44.2 Å². The molecule has 6 heteroatoms. The molecule has 2 aromatic heterocycles. The van der Waals surface area contributed by atoms with Crippen LogP contribution in [0.2, 0.25) is 0 Å². The third-order valence-corrected chi connectivity index (χ3v) is 6.07. The molecule has 0 fully saturated rings. The molecule has 0 saturated heterocycles. The number of amides is 1. The molecule has 1 amide bonds. The molecule has 0 aliphatic heterocycles. The molecule has 1 N–H and O–H groups in total. The maximum atomic E-state index is 12.7. The SMILES string of the molecule is CCN(CC)C(CNC(=O)CCc1c(C)nc2cc(C)nn2c1C)Cc1ccccc1. The zero-order chi connectivity index (χ0) is 22.4. The summed E-state index contributed by atoms with van der Waals surface area (Å²) in [5.41, 5.74) is 6.26. The first-order valence-electron chi connectivity index (χ1n) is 11.3. The first kappa shape index (κ1) is 22.9. The third-order valence-electron chi connectivity index (χ3n) is 6.07. The molecule has 2 heterocycles. The molecular formula is C25H35N5O. The van der Waals surface area contributed by atoms with Crippen molar-refractivity contribution in [1.29, 1.82) is 0 Å². The first-order chi connectivity index (χ1) is 14.9. The van der Waals surface area contributed by atoms with Crippen LogP contribution in [0, 0.1) is 20.8 Å². The number of nitrogens with zero attached hydrogens (tertiary/aromatic N) is 4. The molecule has 31 heavy (non-hydrogen) atoms. The topological polar surface area (TPSA) is 62.5 Å². The fourth-order valence-corrected chi connectivity index (χ4v) is 4.32. The quantitative estimate of drug-likeness (QED) is 0.543. The van der Waals surface area contributed by atoms with Gasteiger partial charge in [-0.2, -0.15) is 5.10 Å². The largest absolute Gasteiger partial charge is 0.355 e. The Kier molecular flexibility index (Phi) is 7.80. The summed E-state index contributed by atoms with van der Waals surface area (Å²) < 4.78 is 1.88. The predicted molar refractivity (Wildman–Crippen MR) is 125 cm³/mol. The molecular weight excluding hydrogens is 386 g/mol. The van der Waals surface area contributed by atoms with Crippen LogP contribution >= 0.6 is 0 Å². The van der Waals surface area contributed by atoms with Crippen molar-refractivity contribution in [2.75, 3.05) is 19.6 Å². The van der Waals surface area contributed by atoms with Crippen molar-refractivity contribution in [2.24, 2.45) is 0 Å². The van der Waals surface area contributed by atoms with Crippen molar-refractivity contribution < 1.29 is 4.79 Å². The number of nitrogens with one attached hydrogen (secondary N) is 1. The van der Waals surface area contributed by atoms with E-state index in [1.54, 1.807) is 0 Å². The molecule has 0 saturated carbocycles. The molecule has 0 spiro atoms. The van der Waals surface area contributed by atoms with E-state index in [1.807, 2.05) is 30.5 Å². The van der Waals surface area contributed by atoms with Crippen LogP contribution in [0.25, 0.3) is 5.65 Å². The van der Waals surface area contributed by atoms with E-state index in [0.29, 0.717) is 19.4 Å². The molecule has 1 atom stereocenters. The van der Waals surface area contributed by atoms with Crippen molar-refractivity contribution in [3.8, 4) is 0 Å². The van der Waals surface area contributed by atoms with E-state index in [1.165, 1.54) is 5.56 Å². The second-order valence-corrected chi connectivity index (χ2v) is 8.19. The van der Waals surface area contributed by atoms with Gasteiger partial charge < -0.3 is 5.32 Å². The molecule has 1 unspecified atom stereocenters. The Morgan fingerprint density at radius 2 is 1.84 bits per heavy atom. The molecule has 166 valence electrons. The van der Waals surface area contributed by atoms with Crippen LogP contribution in [0.5, 0.6) is 0 Å². The van der Waals surface area contributed by atoms with E-state index < -0.39 is 0 Å². The summed E-state index contributed by atoms with van der Waals surface area (Å²) >= 11 is 0. The van der Waals surface area contributed by atoms with E-state index in [0.717, 1.165) is 47.8 Å². The number of carbonyl (C=O) groups is 1. The minimum atomic E-state index is 0.0840. The summed E-state index contributed by atoms with van der Waals surface area (Å²) in [5.74, 6) is 0.0840. The number of aromatic nitrogens is 3. The van der Waals surface area contributed by atoms with Gasteiger partial charge in [0.2, 0.25) is 5.91 Å². The van der Waals surface area contributed by atoms with Gasteiger partial charge in [0.15, 0.2) is 5.65 Å². The second kappa shape index (κ2) is 10.5. The van der Waals surface area contributed by atoms with Gasteiger partial charge in [0, 0.05) is 36.5 Å². The fourth-order valence-electron chi connectivity index (χ4n) is 4.32. The average molecular weight is 422 g/mol. The maximum absolute atomic E-state index is 12.7. The van der Waals surface area contributed by atoms with Crippen molar-refractivity contribution >= 4 is 11.6 Å². The summed E-state index contributed by atoms with van der Waals surface area (Å²) in [6.07, 6.45) is 2.05. The van der Waals surface area contributed by atoms with Gasteiger partial charge in [0.25, 0.3) is 0 Å². The van der Waals surface area contributed by atoms with Crippen LogP contribution < -0.4 is 5.32 Å². The van der Waals surface area contributed by atoms with Gasteiger partial charge in [-0.25, -0.2) is 9.50 Å². The van der Waals surface area contributed by atoms with Gasteiger partial charge in [-0.3, -0.25) is 9.69 Å². The lowest BCUT2D eigenvalue weighted by Crippen LogP contribution is -2.45. The Bertz CT molecular complexity index is 1010. The van der Waals surface area contributed by atoms with Gasteiger partial charge >= 0.3 is 0 Å². The number of carbonyl (C=O) groups excluding carboxylic acids is 1. The van der Waals surface area contributed by atoms with Gasteiger partial charge in [0.05, 0.1) is 5.69 Å². The summed E-state index contributed by atoms with van der Waals surface area (Å²) in [6.45, 7) is 13.0. The highest BCUT2D eigenvalue weighted by molar-refractivity contribution is 5.76. The predicted octanol–water partition coefficient (Wildman–Crippen LogP) is 3.66. The van der Waals surface area contributed by atoms with Crippen LogP contribution in [-0.2, 0) is 17.6 Å². The maximum Gasteiger partial charge on any atom is 0.220 e. The van der Waals surface area contributed by atoms with Gasteiger partial charge in [0.1, 0.15) is 0 Å². The van der Waals surface area contributed by atoms with Crippen LogP contribution in [0.3, 0.4) is 0 Å².